The zero-order valence-corrected chi connectivity index (χ0v) is 10.3. The van der Waals surface area contributed by atoms with E-state index in [2.05, 4.69) is 10.7 Å². The summed E-state index contributed by atoms with van der Waals surface area (Å²) >= 11 is 1.13. The summed E-state index contributed by atoms with van der Waals surface area (Å²) in [4.78, 5) is 10.5. The average molecular weight is 274 g/mol. The fourth-order valence-corrected chi connectivity index (χ4v) is 2.34. The number of rotatable bonds is 3. The number of carbonyl (C=O) groups is 1. The van der Waals surface area contributed by atoms with Crippen molar-refractivity contribution in [3.63, 3.8) is 0 Å². The summed E-state index contributed by atoms with van der Waals surface area (Å²) in [6.45, 7) is 0. The number of hydrogen-bond donors (Lipinski definition) is 4. The van der Waals surface area contributed by atoms with Gasteiger partial charge in [0.15, 0.2) is 0 Å². The number of carboxylic acids is 1. The third kappa shape index (κ3) is 2.55. The molecule has 0 spiro atoms. The Hall–Kier alpha value is -1.21. The predicted molar refractivity (Wildman–Crippen MR) is 70.1 cm³/mol. The highest BCUT2D eigenvalue weighted by Crippen LogP contribution is 2.39. The minimum Gasteiger partial charge on any atom is -0.478 e. The van der Waals surface area contributed by atoms with Crippen LogP contribution in [0.2, 0.25) is 0 Å². The maximum Gasteiger partial charge on any atom is 0.357 e. The van der Waals surface area contributed by atoms with Gasteiger partial charge in [-0.1, -0.05) is 42.1 Å². The van der Waals surface area contributed by atoms with Crippen molar-refractivity contribution in [3.8, 4) is 0 Å². The standard InChI is InChI=1S/C10H11N3O2S.ClH/c11-13-10(9(14)15)12-6-8(16-10)7-4-2-1-3-5-7;/h1-6,12-13H,11H2,(H,14,15);1H. The van der Waals surface area contributed by atoms with Crippen molar-refractivity contribution in [1.82, 2.24) is 10.7 Å². The zero-order chi connectivity index (χ0) is 11.6. The van der Waals surface area contributed by atoms with Crippen LogP contribution < -0.4 is 16.6 Å². The van der Waals surface area contributed by atoms with Crippen LogP contribution in [0.25, 0.3) is 4.91 Å². The number of nitrogens with one attached hydrogen (secondary N) is 2. The molecule has 0 aromatic heterocycles. The largest absolute Gasteiger partial charge is 0.478 e. The van der Waals surface area contributed by atoms with Crippen LogP contribution >= 0.6 is 24.2 Å². The maximum atomic E-state index is 11.1. The molecule has 0 radical (unpaired) electrons. The summed E-state index contributed by atoms with van der Waals surface area (Å²) in [6, 6.07) is 9.52. The van der Waals surface area contributed by atoms with Gasteiger partial charge >= 0.3 is 5.97 Å². The first kappa shape index (κ1) is 13.9. The summed E-state index contributed by atoms with van der Waals surface area (Å²) in [5.74, 6) is 4.21. The van der Waals surface area contributed by atoms with Crippen molar-refractivity contribution in [1.29, 1.82) is 0 Å². The number of benzene rings is 1. The third-order valence-electron chi connectivity index (χ3n) is 2.23. The quantitative estimate of drug-likeness (QED) is 0.484. The van der Waals surface area contributed by atoms with Gasteiger partial charge in [0.05, 0.1) is 0 Å². The van der Waals surface area contributed by atoms with Crippen molar-refractivity contribution < 1.29 is 9.90 Å². The molecule has 0 fully saturated rings. The van der Waals surface area contributed by atoms with E-state index in [4.69, 9.17) is 10.9 Å². The van der Waals surface area contributed by atoms with Crippen LogP contribution in [-0.4, -0.2) is 16.1 Å². The number of carboxylic acid groups (broad SMARTS) is 1. The third-order valence-corrected chi connectivity index (χ3v) is 3.52. The molecule has 0 aliphatic carbocycles. The van der Waals surface area contributed by atoms with Crippen LogP contribution in [0.15, 0.2) is 36.5 Å². The van der Waals surface area contributed by atoms with E-state index in [9.17, 15) is 4.79 Å². The van der Waals surface area contributed by atoms with Crippen molar-refractivity contribution in [3.05, 3.63) is 42.1 Å². The molecule has 2 rings (SSSR count). The van der Waals surface area contributed by atoms with Crippen molar-refractivity contribution in [2.75, 3.05) is 0 Å². The SMILES string of the molecule is Cl.NNC1(C(=O)O)NC=C(c2ccccc2)S1. The number of nitrogens with two attached hydrogens (primary N) is 1. The molecular formula is C10H12ClN3O2S. The number of halogens is 1. The van der Waals surface area contributed by atoms with E-state index in [1.807, 2.05) is 30.3 Å². The molecule has 7 heteroatoms. The van der Waals surface area contributed by atoms with Gasteiger partial charge in [-0.15, -0.1) is 12.4 Å². The Morgan fingerprint density at radius 1 is 1.41 bits per heavy atom. The molecule has 1 aromatic carbocycles. The van der Waals surface area contributed by atoms with Gasteiger partial charge in [0.1, 0.15) is 0 Å². The van der Waals surface area contributed by atoms with Crippen LogP contribution in [0, 0.1) is 0 Å². The highest BCUT2D eigenvalue weighted by Gasteiger charge is 2.42. The van der Waals surface area contributed by atoms with E-state index in [-0.39, 0.29) is 12.4 Å². The molecule has 1 atom stereocenters. The van der Waals surface area contributed by atoms with Gasteiger partial charge in [0, 0.05) is 11.1 Å². The first-order valence-electron chi connectivity index (χ1n) is 4.61. The minimum atomic E-state index is -1.37. The Labute approximate surface area is 109 Å². The summed E-state index contributed by atoms with van der Waals surface area (Å²) in [7, 11) is 0. The second-order valence-electron chi connectivity index (χ2n) is 3.25. The Balaban J connectivity index is 0.00000144. The fraction of sp³-hybridized carbons (Fsp3) is 0.100. The lowest BCUT2D eigenvalue weighted by Gasteiger charge is -2.22. The van der Waals surface area contributed by atoms with Crippen LogP contribution in [0.5, 0.6) is 0 Å². The van der Waals surface area contributed by atoms with Crippen molar-refractivity contribution >= 4 is 35.0 Å². The van der Waals surface area contributed by atoms with Gasteiger partial charge in [0.2, 0.25) is 0 Å². The Morgan fingerprint density at radius 2 is 2.06 bits per heavy atom. The van der Waals surface area contributed by atoms with Gasteiger partial charge in [-0.3, -0.25) is 5.84 Å². The first-order chi connectivity index (χ1) is 7.68. The van der Waals surface area contributed by atoms with Crippen LogP contribution in [0.1, 0.15) is 5.56 Å². The summed E-state index contributed by atoms with van der Waals surface area (Å²) in [6.07, 6.45) is 1.65. The van der Waals surface area contributed by atoms with E-state index in [1.54, 1.807) is 6.20 Å². The molecule has 0 saturated carbocycles. The second kappa shape index (κ2) is 5.42. The van der Waals surface area contributed by atoms with Crippen LogP contribution in [0.3, 0.4) is 0 Å². The Morgan fingerprint density at radius 3 is 2.53 bits per heavy atom. The lowest BCUT2D eigenvalue weighted by molar-refractivity contribution is -0.141. The van der Waals surface area contributed by atoms with E-state index in [1.165, 1.54) is 0 Å². The van der Waals surface area contributed by atoms with Gasteiger partial charge < -0.3 is 10.4 Å². The molecule has 1 aromatic rings. The lowest BCUT2D eigenvalue weighted by atomic mass is 10.2. The van der Waals surface area contributed by atoms with Crippen molar-refractivity contribution in [2.45, 2.75) is 4.99 Å². The molecule has 5 nitrogen and oxygen atoms in total. The predicted octanol–water partition coefficient (Wildman–Crippen LogP) is 0.945. The normalized spacial score (nSPS) is 22.3. The molecule has 1 aliphatic rings. The Kier molecular flexibility index (Phi) is 4.41. The zero-order valence-electron chi connectivity index (χ0n) is 8.71. The van der Waals surface area contributed by atoms with Gasteiger partial charge in [0.25, 0.3) is 4.99 Å². The van der Waals surface area contributed by atoms with Crippen LogP contribution in [0.4, 0.5) is 0 Å². The number of hydrazine groups is 1. The smallest absolute Gasteiger partial charge is 0.357 e. The molecule has 92 valence electrons. The van der Waals surface area contributed by atoms with E-state index in [0.717, 1.165) is 22.2 Å². The van der Waals surface area contributed by atoms with Gasteiger partial charge in [-0.25, -0.2) is 10.2 Å². The maximum absolute atomic E-state index is 11.1. The molecule has 1 heterocycles. The molecule has 5 N–H and O–H groups in total. The van der Waals surface area contributed by atoms with E-state index < -0.39 is 11.0 Å². The molecule has 0 saturated heterocycles. The fourth-order valence-electron chi connectivity index (χ4n) is 1.37. The average Bonchev–Trinajstić information content (AvgIpc) is 2.76. The highest BCUT2D eigenvalue weighted by atomic mass is 35.5. The molecular weight excluding hydrogens is 262 g/mol. The first-order valence-corrected chi connectivity index (χ1v) is 5.43. The second-order valence-corrected chi connectivity index (χ2v) is 4.51. The minimum absolute atomic E-state index is 0. The number of thioether (sulfide) groups is 1. The van der Waals surface area contributed by atoms with Crippen molar-refractivity contribution in [2.24, 2.45) is 5.84 Å². The van der Waals surface area contributed by atoms with Gasteiger partial charge in [-0.05, 0) is 5.56 Å². The summed E-state index contributed by atoms with van der Waals surface area (Å²) < 4.78 is 0. The number of hydrogen-bond acceptors (Lipinski definition) is 5. The molecule has 0 bridgehead atoms. The lowest BCUT2D eigenvalue weighted by Crippen LogP contribution is -2.59. The van der Waals surface area contributed by atoms with Gasteiger partial charge in [-0.2, -0.15) is 0 Å². The highest BCUT2D eigenvalue weighted by molar-refractivity contribution is 8.10. The molecule has 0 amide bonds. The van der Waals surface area contributed by atoms with E-state index >= 15 is 0 Å². The van der Waals surface area contributed by atoms with E-state index in [0.29, 0.717) is 0 Å². The Bertz CT molecular complexity index is 440. The molecule has 1 aliphatic heterocycles. The summed E-state index contributed by atoms with van der Waals surface area (Å²) in [5, 5.41) is 11.8. The van der Waals surface area contributed by atoms with Crippen LogP contribution in [-0.2, 0) is 4.79 Å². The monoisotopic (exact) mass is 273 g/mol. The number of aliphatic carboxylic acids is 1. The molecule has 17 heavy (non-hydrogen) atoms. The molecule has 1 unspecified atom stereocenters. The topological polar surface area (TPSA) is 87.4 Å². The summed E-state index contributed by atoms with van der Waals surface area (Å²) in [5.41, 5.74) is 3.23.